The van der Waals surface area contributed by atoms with Gasteiger partial charge in [-0.25, -0.2) is 4.68 Å². The van der Waals surface area contributed by atoms with E-state index in [0.29, 0.717) is 16.3 Å². The molecule has 23 heavy (non-hydrogen) atoms. The summed E-state index contributed by atoms with van der Waals surface area (Å²) in [5, 5.41) is 7.73. The number of nitrogens with zero attached hydrogens (tertiary/aromatic N) is 2. The Hall–Kier alpha value is -2.79. The van der Waals surface area contributed by atoms with Gasteiger partial charge >= 0.3 is 0 Å². The molecule has 0 aliphatic carbocycles. The van der Waals surface area contributed by atoms with Crippen molar-refractivity contribution in [1.29, 1.82) is 0 Å². The third-order valence-corrected chi connectivity index (χ3v) is 3.58. The van der Waals surface area contributed by atoms with Crippen LogP contribution in [0.15, 0.2) is 64.5 Å². The van der Waals surface area contributed by atoms with Crippen LogP contribution < -0.4 is 11.0 Å². The Morgan fingerprint density at radius 3 is 2.70 bits per heavy atom. The second-order valence-electron chi connectivity index (χ2n) is 5.01. The maximum absolute atomic E-state index is 12.5. The Balaban J connectivity index is 1.88. The van der Waals surface area contributed by atoms with Crippen LogP contribution in [0.2, 0.25) is 5.02 Å². The maximum Gasteiger partial charge on any atom is 0.280 e. The van der Waals surface area contributed by atoms with Gasteiger partial charge in [0.2, 0.25) is 0 Å². The number of benzene rings is 2. The minimum atomic E-state index is -0.177. The molecule has 6 heteroatoms. The number of hydrazone groups is 1. The van der Waals surface area contributed by atoms with E-state index in [-0.39, 0.29) is 5.56 Å². The Morgan fingerprint density at radius 2 is 1.96 bits per heavy atom. The van der Waals surface area contributed by atoms with E-state index in [1.165, 1.54) is 10.9 Å². The van der Waals surface area contributed by atoms with Crippen molar-refractivity contribution >= 4 is 23.5 Å². The SMILES string of the molecule is Cc1[nH]n(-c2cccc(Cl)c2)c(=O)c1/C=N/Nc1ccccc1. The average Bonchev–Trinajstić information content (AvgIpc) is 2.84. The first-order chi connectivity index (χ1) is 11.1. The molecular formula is C17H15ClN4O. The van der Waals surface area contributed by atoms with Gasteiger partial charge in [0.25, 0.3) is 5.56 Å². The number of hydrogen-bond donors (Lipinski definition) is 2. The first kappa shape index (κ1) is 15.1. The van der Waals surface area contributed by atoms with Crippen LogP contribution in [-0.2, 0) is 0 Å². The molecule has 0 bridgehead atoms. The highest BCUT2D eigenvalue weighted by molar-refractivity contribution is 6.30. The molecule has 1 heterocycles. The standard InChI is InChI=1S/C17H15ClN4O/c1-12-16(11-19-20-14-7-3-2-4-8-14)17(23)22(21-12)15-9-5-6-13(18)10-15/h2-11,20-21H,1H3/b19-11+. The van der Waals surface area contributed by atoms with Crippen LogP contribution in [0.5, 0.6) is 0 Å². The molecule has 0 unspecified atom stereocenters. The van der Waals surface area contributed by atoms with E-state index in [0.717, 1.165) is 11.4 Å². The first-order valence-corrected chi connectivity index (χ1v) is 7.44. The quantitative estimate of drug-likeness (QED) is 0.568. The molecular weight excluding hydrogens is 312 g/mol. The second kappa shape index (κ2) is 6.54. The van der Waals surface area contributed by atoms with E-state index in [1.54, 1.807) is 18.2 Å². The Morgan fingerprint density at radius 1 is 1.17 bits per heavy atom. The highest BCUT2D eigenvalue weighted by Crippen LogP contribution is 2.13. The molecule has 5 nitrogen and oxygen atoms in total. The zero-order valence-corrected chi connectivity index (χ0v) is 13.2. The van der Waals surface area contributed by atoms with Gasteiger partial charge in [0, 0.05) is 10.7 Å². The highest BCUT2D eigenvalue weighted by Gasteiger charge is 2.10. The van der Waals surface area contributed by atoms with Gasteiger partial charge in [0.05, 0.1) is 23.2 Å². The third-order valence-electron chi connectivity index (χ3n) is 3.34. The summed E-state index contributed by atoms with van der Waals surface area (Å²) in [6.45, 7) is 1.83. The monoisotopic (exact) mass is 326 g/mol. The summed E-state index contributed by atoms with van der Waals surface area (Å²) < 4.78 is 1.45. The van der Waals surface area contributed by atoms with Crippen LogP contribution in [0, 0.1) is 6.92 Å². The van der Waals surface area contributed by atoms with E-state index in [4.69, 9.17) is 11.6 Å². The fourth-order valence-electron chi connectivity index (χ4n) is 2.19. The lowest BCUT2D eigenvalue weighted by Gasteiger charge is -2.01. The van der Waals surface area contributed by atoms with Crippen LogP contribution in [0.4, 0.5) is 5.69 Å². The van der Waals surface area contributed by atoms with Crippen molar-refractivity contribution in [3.63, 3.8) is 0 Å². The van der Waals surface area contributed by atoms with Crippen LogP contribution >= 0.6 is 11.6 Å². The molecule has 3 rings (SSSR count). The number of aryl methyl sites for hydroxylation is 1. The molecule has 0 amide bonds. The number of aromatic amines is 1. The van der Waals surface area contributed by atoms with E-state index < -0.39 is 0 Å². The van der Waals surface area contributed by atoms with Gasteiger partial charge in [-0.05, 0) is 37.3 Å². The zero-order valence-electron chi connectivity index (χ0n) is 12.5. The van der Waals surface area contributed by atoms with Crippen molar-refractivity contribution in [2.75, 3.05) is 5.43 Å². The van der Waals surface area contributed by atoms with Crippen LogP contribution in [0.3, 0.4) is 0 Å². The van der Waals surface area contributed by atoms with Crippen molar-refractivity contribution in [3.05, 3.63) is 81.2 Å². The summed E-state index contributed by atoms with van der Waals surface area (Å²) in [6.07, 6.45) is 1.52. The van der Waals surface area contributed by atoms with Gasteiger partial charge in [-0.1, -0.05) is 35.9 Å². The number of aromatic nitrogens is 2. The van der Waals surface area contributed by atoms with Crippen molar-refractivity contribution in [2.24, 2.45) is 5.10 Å². The number of nitrogens with one attached hydrogen (secondary N) is 2. The van der Waals surface area contributed by atoms with Gasteiger partial charge in [0.1, 0.15) is 0 Å². The minimum absolute atomic E-state index is 0.177. The van der Waals surface area contributed by atoms with E-state index in [1.807, 2.05) is 43.3 Å². The van der Waals surface area contributed by atoms with Crippen LogP contribution in [0.1, 0.15) is 11.3 Å². The smallest absolute Gasteiger partial charge is 0.280 e. The minimum Gasteiger partial charge on any atom is -0.295 e. The molecule has 2 aromatic carbocycles. The molecule has 3 aromatic rings. The van der Waals surface area contributed by atoms with Gasteiger partial charge < -0.3 is 0 Å². The largest absolute Gasteiger partial charge is 0.295 e. The molecule has 0 spiro atoms. The molecule has 0 fully saturated rings. The molecule has 0 radical (unpaired) electrons. The molecule has 2 N–H and O–H groups in total. The summed E-state index contributed by atoms with van der Waals surface area (Å²) in [4.78, 5) is 12.5. The number of hydrogen-bond acceptors (Lipinski definition) is 3. The van der Waals surface area contributed by atoms with E-state index in [2.05, 4.69) is 15.6 Å². The fraction of sp³-hybridized carbons (Fsp3) is 0.0588. The Bertz CT molecular complexity index is 896. The number of anilines is 1. The molecule has 0 atom stereocenters. The Labute approximate surface area is 138 Å². The van der Waals surface area contributed by atoms with Gasteiger partial charge in [-0.2, -0.15) is 5.10 Å². The third kappa shape index (κ3) is 3.35. The zero-order chi connectivity index (χ0) is 16.2. The van der Waals surface area contributed by atoms with E-state index in [9.17, 15) is 4.79 Å². The summed E-state index contributed by atoms with van der Waals surface area (Å²) in [7, 11) is 0. The lowest BCUT2D eigenvalue weighted by Crippen LogP contribution is -2.17. The summed E-state index contributed by atoms with van der Waals surface area (Å²) in [5.41, 5.74) is 5.47. The lowest BCUT2D eigenvalue weighted by atomic mass is 10.3. The number of H-pyrrole nitrogens is 1. The van der Waals surface area contributed by atoms with Gasteiger partial charge in [0.15, 0.2) is 0 Å². The normalized spacial score (nSPS) is 11.0. The second-order valence-corrected chi connectivity index (χ2v) is 5.44. The predicted octanol–water partition coefficient (Wildman–Crippen LogP) is 3.57. The maximum atomic E-state index is 12.5. The highest BCUT2D eigenvalue weighted by atomic mass is 35.5. The molecule has 0 aliphatic rings. The van der Waals surface area contributed by atoms with E-state index >= 15 is 0 Å². The van der Waals surface area contributed by atoms with Crippen molar-refractivity contribution in [3.8, 4) is 5.69 Å². The fourth-order valence-corrected chi connectivity index (χ4v) is 2.38. The molecule has 1 aromatic heterocycles. The molecule has 0 aliphatic heterocycles. The summed E-state index contributed by atoms with van der Waals surface area (Å²) in [6, 6.07) is 16.6. The van der Waals surface area contributed by atoms with Crippen LogP contribution in [-0.4, -0.2) is 16.0 Å². The average molecular weight is 327 g/mol. The van der Waals surface area contributed by atoms with Gasteiger partial charge in [-0.15, -0.1) is 0 Å². The van der Waals surface area contributed by atoms with Crippen molar-refractivity contribution in [2.45, 2.75) is 6.92 Å². The number of halogens is 1. The Kier molecular flexibility index (Phi) is 4.30. The molecule has 116 valence electrons. The number of para-hydroxylation sites is 1. The van der Waals surface area contributed by atoms with Crippen molar-refractivity contribution < 1.29 is 0 Å². The number of rotatable bonds is 4. The first-order valence-electron chi connectivity index (χ1n) is 7.07. The lowest BCUT2D eigenvalue weighted by molar-refractivity contribution is 0.835. The van der Waals surface area contributed by atoms with Gasteiger partial charge in [-0.3, -0.25) is 15.3 Å². The van der Waals surface area contributed by atoms with Crippen molar-refractivity contribution in [1.82, 2.24) is 9.78 Å². The molecule has 0 saturated carbocycles. The summed E-state index contributed by atoms with van der Waals surface area (Å²) >= 11 is 5.98. The summed E-state index contributed by atoms with van der Waals surface area (Å²) in [5.74, 6) is 0. The molecule has 0 saturated heterocycles. The van der Waals surface area contributed by atoms with Crippen LogP contribution in [0.25, 0.3) is 5.69 Å². The predicted molar refractivity (Wildman–Crippen MR) is 93.8 cm³/mol. The topological polar surface area (TPSA) is 62.2 Å².